The van der Waals surface area contributed by atoms with Gasteiger partial charge < -0.3 is 14.6 Å². The van der Waals surface area contributed by atoms with Gasteiger partial charge in [0.2, 0.25) is 0 Å². The molecule has 1 saturated heterocycles. The van der Waals surface area contributed by atoms with Gasteiger partial charge in [-0.1, -0.05) is 18.5 Å². The molecule has 0 aromatic heterocycles. The van der Waals surface area contributed by atoms with Gasteiger partial charge in [-0.15, -0.1) is 0 Å². The zero-order valence-corrected chi connectivity index (χ0v) is 13.7. The van der Waals surface area contributed by atoms with Gasteiger partial charge in [0.15, 0.2) is 11.5 Å². The normalized spacial score (nSPS) is 23.1. The van der Waals surface area contributed by atoms with Crippen LogP contribution in [0.25, 0.3) is 0 Å². The van der Waals surface area contributed by atoms with Gasteiger partial charge >= 0.3 is 0 Å². The van der Waals surface area contributed by atoms with Gasteiger partial charge in [-0.25, -0.2) is 0 Å². The van der Waals surface area contributed by atoms with Crippen LogP contribution in [0.1, 0.15) is 25.3 Å². The molecule has 1 unspecified atom stereocenters. The van der Waals surface area contributed by atoms with Crippen LogP contribution in [0.4, 0.5) is 0 Å². The molecule has 1 aromatic rings. The first kappa shape index (κ1) is 16.4. The van der Waals surface area contributed by atoms with Crippen molar-refractivity contribution in [1.29, 1.82) is 0 Å². The van der Waals surface area contributed by atoms with Gasteiger partial charge in [0, 0.05) is 25.1 Å². The summed E-state index contributed by atoms with van der Waals surface area (Å²) in [4.78, 5) is 2.36. The van der Waals surface area contributed by atoms with Gasteiger partial charge in [0.05, 0.1) is 19.2 Å². The van der Waals surface area contributed by atoms with E-state index in [1.54, 1.807) is 14.2 Å². The van der Waals surface area contributed by atoms with E-state index < -0.39 is 0 Å². The summed E-state index contributed by atoms with van der Waals surface area (Å²) in [5.74, 6) is 1.23. The second-order valence-corrected chi connectivity index (χ2v) is 6.50. The lowest BCUT2D eigenvalue weighted by molar-refractivity contribution is 0.0429. The Hall–Kier alpha value is -0.970. The number of nitrogens with zero attached hydrogens (tertiary/aromatic N) is 1. The number of rotatable bonds is 5. The number of benzene rings is 1. The monoisotopic (exact) mass is 313 g/mol. The highest BCUT2D eigenvalue weighted by Gasteiger charge is 2.30. The maximum Gasteiger partial charge on any atom is 0.179 e. The lowest BCUT2D eigenvalue weighted by Crippen LogP contribution is -2.43. The van der Waals surface area contributed by atoms with Crippen LogP contribution in [-0.4, -0.2) is 43.9 Å². The van der Waals surface area contributed by atoms with Crippen molar-refractivity contribution in [3.05, 3.63) is 22.7 Å². The van der Waals surface area contributed by atoms with E-state index in [0.717, 1.165) is 38.0 Å². The number of aliphatic hydroxyl groups excluding tert-OH is 1. The molecule has 0 spiro atoms. The Morgan fingerprint density at radius 1 is 1.33 bits per heavy atom. The SMILES string of the molecule is COc1cc(CN2CCCC(C)(CO)C2)cc(Cl)c1OC. The lowest BCUT2D eigenvalue weighted by Gasteiger charge is -2.39. The molecule has 21 heavy (non-hydrogen) atoms. The maximum atomic E-state index is 9.54. The number of hydrogen-bond donors (Lipinski definition) is 1. The van der Waals surface area contributed by atoms with Crippen molar-refractivity contribution in [3.8, 4) is 11.5 Å². The average Bonchev–Trinajstić information content (AvgIpc) is 2.46. The Bertz CT molecular complexity index is 495. The molecule has 1 aliphatic rings. The standard InChI is InChI=1S/C16H24ClNO3/c1-16(11-19)5-4-6-18(10-16)9-12-7-13(17)15(21-3)14(8-12)20-2/h7-8,19H,4-6,9-11H2,1-3H3. The van der Waals surface area contributed by atoms with E-state index in [0.29, 0.717) is 16.5 Å². The highest BCUT2D eigenvalue weighted by molar-refractivity contribution is 6.32. The Morgan fingerprint density at radius 2 is 2.10 bits per heavy atom. The zero-order chi connectivity index (χ0) is 15.5. The van der Waals surface area contributed by atoms with Crippen molar-refractivity contribution in [3.63, 3.8) is 0 Å². The molecule has 0 saturated carbocycles. The first-order valence-corrected chi connectivity index (χ1v) is 7.63. The summed E-state index contributed by atoms with van der Waals surface area (Å²) in [6.45, 7) is 5.11. The fourth-order valence-corrected chi connectivity index (χ4v) is 3.32. The zero-order valence-electron chi connectivity index (χ0n) is 13.0. The van der Waals surface area contributed by atoms with E-state index >= 15 is 0 Å². The third-order valence-electron chi connectivity index (χ3n) is 4.14. The number of likely N-dealkylation sites (tertiary alicyclic amines) is 1. The molecule has 0 radical (unpaired) electrons. The first-order valence-electron chi connectivity index (χ1n) is 7.25. The van der Waals surface area contributed by atoms with E-state index in [-0.39, 0.29) is 12.0 Å². The molecule has 0 amide bonds. The van der Waals surface area contributed by atoms with Gasteiger partial charge in [-0.3, -0.25) is 4.90 Å². The predicted molar refractivity (Wildman–Crippen MR) is 84.3 cm³/mol. The molecule has 0 bridgehead atoms. The topological polar surface area (TPSA) is 41.9 Å². The van der Waals surface area contributed by atoms with Crippen molar-refractivity contribution >= 4 is 11.6 Å². The molecule has 2 rings (SSSR count). The Kier molecular flexibility index (Phi) is 5.36. The van der Waals surface area contributed by atoms with E-state index in [9.17, 15) is 5.11 Å². The molecular formula is C16H24ClNO3. The van der Waals surface area contributed by atoms with Crippen LogP contribution in [0.5, 0.6) is 11.5 Å². The second-order valence-electron chi connectivity index (χ2n) is 6.10. The van der Waals surface area contributed by atoms with Crippen LogP contribution in [0.15, 0.2) is 12.1 Å². The van der Waals surface area contributed by atoms with Crippen LogP contribution in [0.3, 0.4) is 0 Å². The summed E-state index contributed by atoms with van der Waals surface area (Å²) in [5.41, 5.74) is 1.10. The van der Waals surface area contributed by atoms with Crippen LogP contribution >= 0.6 is 11.6 Å². The van der Waals surface area contributed by atoms with Crippen molar-refractivity contribution in [2.75, 3.05) is 33.9 Å². The number of methoxy groups -OCH3 is 2. The average molecular weight is 314 g/mol. The van der Waals surface area contributed by atoms with Gasteiger partial charge in [0.25, 0.3) is 0 Å². The van der Waals surface area contributed by atoms with Crippen molar-refractivity contribution in [2.45, 2.75) is 26.3 Å². The number of ether oxygens (including phenoxy) is 2. The molecule has 5 heteroatoms. The van der Waals surface area contributed by atoms with Crippen molar-refractivity contribution in [1.82, 2.24) is 4.90 Å². The minimum Gasteiger partial charge on any atom is -0.493 e. The molecule has 1 atom stereocenters. The summed E-state index contributed by atoms with van der Waals surface area (Å²) >= 11 is 6.25. The van der Waals surface area contributed by atoms with E-state index in [1.807, 2.05) is 12.1 Å². The van der Waals surface area contributed by atoms with E-state index in [1.165, 1.54) is 0 Å². The molecule has 1 aromatic carbocycles. The molecule has 1 fully saturated rings. The number of aliphatic hydroxyl groups is 1. The number of hydrogen-bond acceptors (Lipinski definition) is 4. The minimum atomic E-state index is -0.00139. The highest BCUT2D eigenvalue weighted by atomic mass is 35.5. The molecule has 0 aliphatic carbocycles. The maximum absolute atomic E-state index is 9.54. The van der Waals surface area contributed by atoms with Crippen LogP contribution in [0.2, 0.25) is 5.02 Å². The predicted octanol–water partition coefficient (Wildman–Crippen LogP) is 2.95. The fourth-order valence-electron chi connectivity index (χ4n) is 3.01. The lowest BCUT2D eigenvalue weighted by atomic mass is 9.82. The Balaban J connectivity index is 2.14. The third kappa shape index (κ3) is 3.82. The van der Waals surface area contributed by atoms with Crippen LogP contribution in [-0.2, 0) is 6.54 Å². The summed E-state index contributed by atoms with van der Waals surface area (Å²) in [6, 6.07) is 3.89. The highest BCUT2D eigenvalue weighted by Crippen LogP contribution is 2.37. The van der Waals surface area contributed by atoms with Gasteiger partial charge in [0.1, 0.15) is 0 Å². The second kappa shape index (κ2) is 6.86. The molecule has 1 N–H and O–H groups in total. The molecule has 4 nitrogen and oxygen atoms in total. The van der Waals surface area contributed by atoms with Crippen LogP contribution in [0, 0.1) is 5.41 Å². The van der Waals surface area contributed by atoms with Crippen LogP contribution < -0.4 is 9.47 Å². The summed E-state index contributed by atoms with van der Waals surface area (Å²) in [5, 5.41) is 10.1. The summed E-state index contributed by atoms with van der Waals surface area (Å²) < 4.78 is 10.6. The molecule has 1 aliphatic heterocycles. The number of halogens is 1. The molecule has 1 heterocycles. The smallest absolute Gasteiger partial charge is 0.179 e. The summed E-state index contributed by atoms with van der Waals surface area (Å²) in [6.07, 6.45) is 2.19. The fraction of sp³-hybridized carbons (Fsp3) is 0.625. The van der Waals surface area contributed by atoms with E-state index in [2.05, 4.69) is 11.8 Å². The summed E-state index contributed by atoms with van der Waals surface area (Å²) in [7, 11) is 3.20. The Morgan fingerprint density at radius 3 is 2.71 bits per heavy atom. The van der Waals surface area contributed by atoms with E-state index in [4.69, 9.17) is 21.1 Å². The van der Waals surface area contributed by atoms with Gasteiger partial charge in [-0.05, 0) is 37.1 Å². The van der Waals surface area contributed by atoms with Crippen molar-refractivity contribution < 1.29 is 14.6 Å². The quantitative estimate of drug-likeness (QED) is 0.907. The van der Waals surface area contributed by atoms with Crippen molar-refractivity contribution in [2.24, 2.45) is 5.41 Å². The minimum absolute atomic E-state index is 0.00139. The van der Waals surface area contributed by atoms with Gasteiger partial charge in [-0.2, -0.15) is 0 Å². The Labute approximate surface area is 131 Å². The molecular weight excluding hydrogens is 290 g/mol. The first-order chi connectivity index (χ1) is 10.0. The largest absolute Gasteiger partial charge is 0.493 e. The number of piperidine rings is 1. The molecule has 118 valence electrons. The third-order valence-corrected chi connectivity index (χ3v) is 4.42.